The Morgan fingerprint density at radius 3 is 2.53 bits per heavy atom. The van der Waals surface area contributed by atoms with Gasteiger partial charge in [-0.3, -0.25) is 4.79 Å². The molecule has 0 saturated heterocycles. The summed E-state index contributed by atoms with van der Waals surface area (Å²) in [5, 5.41) is 12.9. The zero-order valence-corrected chi connectivity index (χ0v) is 9.94. The molecule has 0 spiro atoms. The molecular weight excluding hydrogens is 214 g/mol. The van der Waals surface area contributed by atoms with E-state index in [-0.39, 0.29) is 12.4 Å². The van der Waals surface area contributed by atoms with Crippen molar-refractivity contribution in [2.75, 3.05) is 6.61 Å². The number of ketones is 1. The van der Waals surface area contributed by atoms with Crippen LogP contribution in [0.2, 0.25) is 0 Å². The topological polar surface area (TPSA) is 49.3 Å². The van der Waals surface area contributed by atoms with Gasteiger partial charge in [-0.25, -0.2) is 0 Å². The van der Waals surface area contributed by atoms with Crippen molar-refractivity contribution in [2.45, 2.75) is 25.3 Å². The minimum atomic E-state index is -0.530. The number of hydrogen-bond acceptors (Lipinski definition) is 3. The fourth-order valence-corrected chi connectivity index (χ4v) is 2.06. The summed E-state index contributed by atoms with van der Waals surface area (Å²) in [6.45, 7) is 1.93. The van der Waals surface area contributed by atoms with E-state index < -0.39 is 5.54 Å². The lowest BCUT2D eigenvalue weighted by molar-refractivity contribution is -0.114. The Hall–Kier alpha value is -1.61. The molecule has 0 heterocycles. The Labute approximate surface area is 101 Å². The third-order valence-corrected chi connectivity index (χ3v) is 3.14. The molecule has 0 bridgehead atoms. The minimum Gasteiger partial charge on any atom is -0.394 e. The highest BCUT2D eigenvalue weighted by Gasteiger charge is 2.27. The summed E-state index contributed by atoms with van der Waals surface area (Å²) < 4.78 is 0. The fraction of sp³-hybridized carbons (Fsp3) is 0.357. The van der Waals surface area contributed by atoms with E-state index in [0.29, 0.717) is 6.42 Å². The van der Waals surface area contributed by atoms with Crippen LogP contribution in [-0.2, 0) is 10.3 Å². The van der Waals surface area contributed by atoms with Crippen LogP contribution in [-0.4, -0.2) is 17.5 Å². The third kappa shape index (κ3) is 2.56. The Balaban J connectivity index is 2.20. The van der Waals surface area contributed by atoms with Crippen molar-refractivity contribution in [1.82, 2.24) is 5.32 Å². The second kappa shape index (κ2) is 4.72. The molecule has 0 fully saturated rings. The van der Waals surface area contributed by atoms with Gasteiger partial charge in [-0.15, -0.1) is 0 Å². The van der Waals surface area contributed by atoms with Crippen LogP contribution in [0.1, 0.15) is 25.3 Å². The van der Waals surface area contributed by atoms with Crippen molar-refractivity contribution in [3.05, 3.63) is 47.7 Å². The molecule has 1 aliphatic carbocycles. The Kier molecular flexibility index (Phi) is 3.29. The highest BCUT2D eigenvalue weighted by molar-refractivity contribution is 5.92. The number of aliphatic hydroxyl groups excluding tert-OH is 1. The van der Waals surface area contributed by atoms with E-state index in [1.54, 1.807) is 6.08 Å². The van der Waals surface area contributed by atoms with Gasteiger partial charge in [0.05, 0.1) is 12.1 Å². The van der Waals surface area contributed by atoms with E-state index in [1.807, 2.05) is 37.3 Å². The number of carbonyl (C=O) groups excluding carboxylic acids is 1. The molecule has 3 nitrogen and oxygen atoms in total. The molecule has 0 aromatic heterocycles. The van der Waals surface area contributed by atoms with Crippen molar-refractivity contribution >= 4 is 5.78 Å². The van der Waals surface area contributed by atoms with Gasteiger partial charge in [0.2, 0.25) is 0 Å². The predicted molar refractivity (Wildman–Crippen MR) is 66.3 cm³/mol. The van der Waals surface area contributed by atoms with Crippen LogP contribution < -0.4 is 5.32 Å². The molecule has 1 aliphatic rings. The smallest absolute Gasteiger partial charge is 0.157 e. The second-order valence-corrected chi connectivity index (χ2v) is 4.62. The van der Waals surface area contributed by atoms with Gasteiger partial charge >= 0.3 is 0 Å². The zero-order chi connectivity index (χ0) is 12.3. The standard InChI is InChI=1S/C14H17NO2/c1-14(10-16,11-5-3-2-4-6-11)15-12-7-8-13(17)9-12/h2-6,9,15-16H,7-8,10H2,1H3. The van der Waals surface area contributed by atoms with Crippen molar-refractivity contribution in [3.63, 3.8) is 0 Å². The number of carbonyl (C=O) groups is 1. The van der Waals surface area contributed by atoms with Crippen molar-refractivity contribution in [3.8, 4) is 0 Å². The summed E-state index contributed by atoms with van der Waals surface area (Å²) >= 11 is 0. The maximum Gasteiger partial charge on any atom is 0.157 e. The quantitative estimate of drug-likeness (QED) is 0.829. The number of aliphatic hydroxyl groups is 1. The normalized spacial score (nSPS) is 18.7. The molecule has 3 heteroatoms. The molecule has 1 unspecified atom stereocenters. The van der Waals surface area contributed by atoms with Crippen LogP contribution >= 0.6 is 0 Å². The number of nitrogens with one attached hydrogen (secondary N) is 1. The number of hydrogen-bond donors (Lipinski definition) is 2. The highest BCUT2D eigenvalue weighted by atomic mass is 16.3. The first kappa shape index (κ1) is 11.9. The maximum atomic E-state index is 11.2. The van der Waals surface area contributed by atoms with Crippen LogP contribution in [0.5, 0.6) is 0 Å². The van der Waals surface area contributed by atoms with Gasteiger partial charge < -0.3 is 10.4 Å². The zero-order valence-electron chi connectivity index (χ0n) is 9.94. The van der Waals surface area contributed by atoms with E-state index in [1.165, 1.54) is 0 Å². The van der Waals surface area contributed by atoms with E-state index in [2.05, 4.69) is 5.32 Å². The Morgan fingerprint density at radius 2 is 2.00 bits per heavy atom. The molecule has 1 aromatic rings. The van der Waals surface area contributed by atoms with Gasteiger partial charge in [0, 0.05) is 18.2 Å². The molecular formula is C14H17NO2. The second-order valence-electron chi connectivity index (χ2n) is 4.62. The summed E-state index contributed by atoms with van der Waals surface area (Å²) in [6, 6.07) is 9.78. The van der Waals surface area contributed by atoms with Crippen LogP contribution in [0.25, 0.3) is 0 Å². The van der Waals surface area contributed by atoms with E-state index in [4.69, 9.17) is 0 Å². The summed E-state index contributed by atoms with van der Waals surface area (Å²) in [5.74, 6) is 0.154. The molecule has 0 radical (unpaired) electrons. The Morgan fingerprint density at radius 1 is 1.29 bits per heavy atom. The predicted octanol–water partition coefficient (Wildman–Crippen LogP) is 1.73. The lowest BCUT2D eigenvalue weighted by Crippen LogP contribution is -2.42. The third-order valence-electron chi connectivity index (χ3n) is 3.14. The number of benzene rings is 1. The van der Waals surface area contributed by atoms with Crippen LogP contribution in [0.15, 0.2) is 42.1 Å². The molecule has 0 amide bonds. The molecule has 0 saturated carbocycles. The average molecular weight is 231 g/mol. The summed E-state index contributed by atoms with van der Waals surface area (Å²) in [6.07, 6.45) is 2.94. The van der Waals surface area contributed by atoms with E-state index in [0.717, 1.165) is 17.7 Å². The fourth-order valence-electron chi connectivity index (χ4n) is 2.06. The van der Waals surface area contributed by atoms with Crippen LogP contribution in [0, 0.1) is 0 Å². The first-order valence-corrected chi connectivity index (χ1v) is 5.82. The largest absolute Gasteiger partial charge is 0.394 e. The first-order valence-electron chi connectivity index (χ1n) is 5.82. The average Bonchev–Trinajstić information content (AvgIpc) is 2.75. The molecule has 1 aromatic carbocycles. The van der Waals surface area contributed by atoms with Gasteiger partial charge in [-0.2, -0.15) is 0 Å². The van der Waals surface area contributed by atoms with Gasteiger partial charge in [0.15, 0.2) is 5.78 Å². The van der Waals surface area contributed by atoms with Crippen LogP contribution in [0.3, 0.4) is 0 Å². The van der Waals surface area contributed by atoms with Gasteiger partial charge in [0.25, 0.3) is 0 Å². The van der Waals surface area contributed by atoms with Crippen LogP contribution in [0.4, 0.5) is 0 Å². The molecule has 0 aliphatic heterocycles. The minimum absolute atomic E-state index is 0.0114. The summed E-state index contributed by atoms with van der Waals surface area (Å²) in [7, 11) is 0. The molecule has 17 heavy (non-hydrogen) atoms. The molecule has 2 rings (SSSR count). The van der Waals surface area contributed by atoms with Crippen molar-refractivity contribution in [2.24, 2.45) is 0 Å². The van der Waals surface area contributed by atoms with E-state index >= 15 is 0 Å². The summed E-state index contributed by atoms with van der Waals surface area (Å²) in [4.78, 5) is 11.2. The van der Waals surface area contributed by atoms with E-state index in [9.17, 15) is 9.90 Å². The number of allylic oxidation sites excluding steroid dienone is 2. The lowest BCUT2D eigenvalue weighted by Gasteiger charge is -2.31. The SMILES string of the molecule is CC(CO)(NC1=CC(=O)CC1)c1ccccc1. The first-order chi connectivity index (χ1) is 8.14. The maximum absolute atomic E-state index is 11.2. The molecule has 2 N–H and O–H groups in total. The van der Waals surface area contributed by atoms with Gasteiger partial charge in [0.1, 0.15) is 0 Å². The van der Waals surface area contributed by atoms with Gasteiger partial charge in [-0.05, 0) is 18.9 Å². The monoisotopic (exact) mass is 231 g/mol. The molecule has 1 atom stereocenters. The Bertz CT molecular complexity index is 439. The number of rotatable bonds is 4. The lowest BCUT2D eigenvalue weighted by atomic mass is 9.92. The molecule has 90 valence electrons. The van der Waals surface area contributed by atoms with Crippen molar-refractivity contribution < 1.29 is 9.90 Å². The van der Waals surface area contributed by atoms with Gasteiger partial charge in [-0.1, -0.05) is 30.3 Å². The van der Waals surface area contributed by atoms with Crippen molar-refractivity contribution in [1.29, 1.82) is 0 Å². The summed E-state index contributed by atoms with van der Waals surface area (Å²) in [5.41, 5.74) is 1.40. The highest BCUT2D eigenvalue weighted by Crippen LogP contribution is 2.24.